The predicted molar refractivity (Wildman–Crippen MR) is 73.3 cm³/mol. The Labute approximate surface area is 111 Å². The molecule has 3 N–H and O–H groups in total. The molecule has 0 spiro atoms. The Balaban J connectivity index is 2.54. The molecule has 18 heavy (non-hydrogen) atoms. The van der Waals surface area contributed by atoms with Gasteiger partial charge in [0.05, 0.1) is 11.2 Å². The van der Waals surface area contributed by atoms with Gasteiger partial charge in [-0.05, 0) is 50.4 Å². The second kappa shape index (κ2) is 5.48. The van der Waals surface area contributed by atoms with Crippen LogP contribution in [-0.2, 0) is 0 Å². The fourth-order valence-electron chi connectivity index (χ4n) is 3.24. The molecule has 0 saturated heterocycles. The number of aliphatic hydroxyl groups is 3. The fraction of sp³-hybridized carbons (Fsp3) is 1.00. The Morgan fingerprint density at radius 1 is 1.11 bits per heavy atom. The van der Waals surface area contributed by atoms with E-state index in [-0.39, 0.29) is 6.61 Å². The van der Waals surface area contributed by atoms with E-state index >= 15 is 0 Å². The first-order chi connectivity index (χ1) is 8.08. The molecule has 1 atom stereocenters. The minimum atomic E-state index is -0.960. The van der Waals surface area contributed by atoms with Crippen LogP contribution in [0.25, 0.3) is 0 Å². The smallest absolute Gasteiger partial charge is 0.0675 e. The van der Waals surface area contributed by atoms with Crippen molar-refractivity contribution >= 4 is 0 Å². The largest absolute Gasteiger partial charge is 0.396 e. The lowest BCUT2D eigenvalue weighted by molar-refractivity contribution is -0.0926. The van der Waals surface area contributed by atoms with Crippen LogP contribution in [0.15, 0.2) is 0 Å². The molecule has 0 bridgehead atoms. The van der Waals surface area contributed by atoms with Gasteiger partial charge in [-0.1, -0.05) is 20.8 Å². The maximum absolute atomic E-state index is 10.6. The summed E-state index contributed by atoms with van der Waals surface area (Å²) in [6, 6.07) is 0. The Kier molecular flexibility index (Phi) is 4.85. The molecule has 108 valence electrons. The summed E-state index contributed by atoms with van der Waals surface area (Å²) in [6.07, 6.45) is 4.27. The Hall–Kier alpha value is -0.120. The molecular formula is C15H30O3. The molecule has 1 aliphatic rings. The fourth-order valence-corrected chi connectivity index (χ4v) is 3.24. The van der Waals surface area contributed by atoms with Crippen molar-refractivity contribution in [2.24, 2.45) is 11.3 Å². The minimum absolute atomic E-state index is 0.0340. The van der Waals surface area contributed by atoms with Crippen LogP contribution < -0.4 is 0 Å². The normalized spacial score (nSPS) is 33.2. The first-order valence-corrected chi connectivity index (χ1v) is 7.14. The van der Waals surface area contributed by atoms with Crippen molar-refractivity contribution in [1.29, 1.82) is 0 Å². The standard InChI is InChI=1S/C15H30O3/c1-13(2,3)12-5-7-15(18,8-6-12)11-14(4,17)9-10-16/h12,16-18H,5-11H2,1-4H3. The summed E-state index contributed by atoms with van der Waals surface area (Å²) in [7, 11) is 0. The maximum atomic E-state index is 10.6. The van der Waals surface area contributed by atoms with E-state index < -0.39 is 11.2 Å². The third-order valence-corrected chi connectivity index (χ3v) is 4.50. The minimum Gasteiger partial charge on any atom is -0.396 e. The summed E-state index contributed by atoms with van der Waals surface area (Å²) in [6.45, 7) is 8.43. The number of hydrogen-bond donors (Lipinski definition) is 3. The molecule has 3 nitrogen and oxygen atoms in total. The zero-order valence-corrected chi connectivity index (χ0v) is 12.4. The van der Waals surface area contributed by atoms with Gasteiger partial charge < -0.3 is 15.3 Å². The highest BCUT2D eigenvalue weighted by Crippen LogP contribution is 2.44. The van der Waals surface area contributed by atoms with E-state index in [1.807, 2.05) is 0 Å². The first kappa shape index (κ1) is 15.9. The van der Waals surface area contributed by atoms with Crippen LogP contribution in [0.3, 0.4) is 0 Å². The SMILES string of the molecule is CC(O)(CCO)CC1(O)CCC(C(C)(C)C)CC1. The monoisotopic (exact) mass is 258 g/mol. The van der Waals surface area contributed by atoms with Gasteiger partial charge in [0.2, 0.25) is 0 Å². The van der Waals surface area contributed by atoms with Crippen LogP contribution in [0.4, 0.5) is 0 Å². The Morgan fingerprint density at radius 2 is 1.61 bits per heavy atom. The van der Waals surface area contributed by atoms with E-state index in [1.165, 1.54) is 0 Å². The average Bonchev–Trinajstić information content (AvgIpc) is 2.14. The molecule has 3 heteroatoms. The van der Waals surface area contributed by atoms with Crippen molar-refractivity contribution in [3.05, 3.63) is 0 Å². The third kappa shape index (κ3) is 4.52. The molecule has 1 saturated carbocycles. The molecule has 0 aromatic carbocycles. The lowest BCUT2D eigenvalue weighted by atomic mass is 9.66. The van der Waals surface area contributed by atoms with E-state index in [1.54, 1.807) is 6.92 Å². The Morgan fingerprint density at radius 3 is 2.00 bits per heavy atom. The first-order valence-electron chi connectivity index (χ1n) is 7.14. The number of hydrogen-bond acceptors (Lipinski definition) is 3. The summed E-state index contributed by atoms with van der Waals surface area (Å²) in [5, 5.41) is 29.6. The predicted octanol–water partition coefficient (Wildman–Crippen LogP) is 2.48. The lowest BCUT2D eigenvalue weighted by Crippen LogP contribution is -2.44. The van der Waals surface area contributed by atoms with Crippen molar-refractivity contribution in [2.45, 2.75) is 77.4 Å². The molecule has 0 radical (unpaired) electrons. The van der Waals surface area contributed by atoms with Gasteiger partial charge >= 0.3 is 0 Å². The summed E-state index contributed by atoms with van der Waals surface area (Å²) in [5.41, 5.74) is -1.41. The molecule has 1 aliphatic carbocycles. The van der Waals surface area contributed by atoms with Gasteiger partial charge in [-0.3, -0.25) is 0 Å². The van der Waals surface area contributed by atoms with Gasteiger partial charge in [-0.15, -0.1) is 0 Å². The summed E-state index contributed by atoms with van der Waals surface area (Å²) in [4.78, 5) is 0. The van der Waals surface area contributed by atoms with E-state index in [0.29, 0.717) is 24.2 Å². The highest BCUT2D eigenvalue weighted by molar-refractivity contribution is 4.93. The summed E-state index contributed by atoms with van der Waals surface area (Å²) >= 11 is 0. The van der Waals surface area contributed by atoms with E-state index in [9.17, 15) is 10.2 Å². The van der Waals surface area contributed by atoms with Crippen LogP contribution in [0, 0.1) is 11.3 Å². The summed E-state index contributed by atoms with van der Waals surface area (Å²) in [5.74, 6) is 0.653. The molecule has 1 fully saturated rings. The van der Waals surface area contributed by atoms with E-state index in [0.717, 1.165) is 25.7 Å². The van der Waals surface area contributed by atoms with Crippen molar-refractivity contribution in [2.75, 3.05) is 6.61 Å². The van der Waals surface area contributed by atoms with Crippen molar-refractivity contribution in [1.82, 2.24) is 0 Å². The van der Waals surface area contributed by atoms with Gasteiger partial charge in [0.25, 0.3) is 0 Å². The number of aliphatic hydroxyl groups excluding tert-OH is 1. The molecule has 0 amide bonds. The van der Waals surface area contributed by atoms with Crippen LogP contribution in [0.5, 0.6) is 0 Å². The zero-order valence-electron chi connectivity index (χ0n) is 12.4. The quantitative estimate of drug-likeness (QED) is 0.726. The highest BCUT2D eigenvalue weighted by Gasteiger charge is 2.41. The molecular weight excluding hydrogens is 228 g/mol. The molecule has 1 unspecified atom stereocenters. The molecule has 0 aromatic heterocycles. The van der Waals surface area contributed by atoms with Gasteiger partial charge in [-0.2, -0.15) is 0 Å². The van der Waals surface area contributed by atoms with Crippen LogP contribution in [0.2, 0.25) is 0 Å². The maximum Gasteiger partial charge on any atom is 0.0675 e. The van der Waals surface area contributed by atoms with E-state index in [4.69, 9.17) is 5.11 Å². The van der Waals surface area contributed by atoms with Gasteiger partial charge in [0, 0.05) is 13.0 Å². The van der Waals surface area contributed by atoms with Gasteiger partial charge in [0.15, 0.2) is 0 Å². The second-order valence-electron chi connectivity index (χ2n) is 7.51. The topological polar surface area (TPSA) is 60.7 Å². The van der Waals surface area contributed by atoms with Gasteiger partial charge in [-0.25, -0.2) is 0 Å². The zero-order chi connectivity index (χ0) is 14.0. The highest BCUT2D eigenvalue weighted by atomic mass is 16.3. The third-order valence-electron chi connectivity index (χ3n) is 4.50. The van der Waals surface area contributed by atoms with Crippen molar-refractivity contribution in [3.8, 4) is 0 Å². The number of rotatable bonds is 4. The van der Waals surface area contributed by atoms with Crippen molar-refractivity contribution < 1.29 is 15.3 Å². The molecule has 0 aromatic rings. The summed E-state index contributed by atoms with van der Waals surface area (Å²) < 4.78 is 0. The molecule has 1 rings (SSSR count). The van der Waals surface area contributed by atoms with Crippen molar-refractivity contribution in [3.63, 3.8) is 0 Å². The van der Waals surface area contributed by atoms with E-state index in [2.05, 4.69) is 20.8 Å². The Bertz CT molecular complexity index is 257. The molecule has 0 aliphatic heterocycles. The van der Waals surface area contributed by atoms with Crippen LogP contribution >= 0.6 is 0 Å². The van der Waals surface area contributed by atoms with Crippen LogP contribution in [-0.4, -0.2) is 33.1 Å². The van der Waals surface area contributed by atoms with Gasteiger partial charge in [0.1, 0.15) is 0 Å². The van der Waals surface area contributed by atoms with Crippen LogP contribution in [0.1, 0.15) is 66.2 Å². The lowest BCUT2D eigenvalue weighted by Gasteiger charge is -2.43. The average molecular weight is 258 g/mol. The molecule has 0 heterocycles. The second-order valence-corrected chi connectivity index (χ2v) is 7.51.